The summed E-state index contributed by atoms with van der Waals surface area (Å²) in [4.78, 5) is 0. The molecular weight excluding hydrogens is 660 g/mol. The summed E-state index contributed by atoms with van der Waals surface area (Å²) < 4.78 is 120. The molecule has 0 N–H and O–H groups in total. The van der Waals surface area contributed by atoms with Crippen molar-refractivity contribution in [2.75, 3.05) is 0 Å². The molecule has 0 aliphatic heterocycles. The van der Waals surface area contributed by atoms with E-state index in [0.717, 1.165) is 24.3 Å². The van der Waals surface area contributed by atoms with Gasteiger partial charge in [0.2, 0.25) is 0 Å². The highest BCUT2D eigenvalue weighted by Gasteiger charge is 2.34. The predicted molar refractivity (Wildman–Crippen MR) is 146 cm³/mol. The summed E-state index contributed by atoms with van der Waals surface area (Å²) in [6.45, 7) is 0. The number of halogens is 8. The Hall–Kier alpha value is -6.30. The van der Waals surface area contributed by atoms with Crippen molar-refractivity contribution < 1.29 is 35.1 Å². The fourth-order valence-corrected chi connectivity index (χ4v) is 7.03. The molecule has 2 heterocycles. The molecule has 0 fully saturated rings. The smallest absolute Gasteiger partial charge is 0.180 e. The maximum absolute atomic E-state index is 15.6. The third-order valence-corrected chi connectivity index (χ3v) is 8.99. The summed E-state index contributed by atoms with van der Waals surface area (Å²) in [6, 6.07) is 9.80. The van der Waals surface area contributed by atoms with Gasteiger partial charge in [0, 0.05) is 31.3 Å². The third-order valence-electron chi connectivity index (χ3n) is 6.65. The van der Waals surface area contributed by atoms with Gasteiger partial charge >= 0.3 is 0 Å². The molecule has 0 atom stereocenters. The number of nitriles is 6. The zero-order chi connectivity index (χ0) is 33.8. The Kier molecular flexibility index (Phi) is 7.66. The van der Waals surface area contributed by atoms with Gasteiger partial charge in [0.25, 0.3) is 0 Å². The molecule has 3 aromatic carbocycles. The average Bonchev–Trinajstić information content (AvgIpc) is 3.67. The van der Waals surface area contributed by atoms with Gasteiger partial charge < -0.3 is 0 Å². The highest BCUT2D eigenvalue weighted by molar-refractivity contribution is 7.20. The van der Waals surface area contributed by atoms with Crippen LogP contribution < -0.4 is 9.06 Å². The molecule has 0 unspecified atom stereocenters. The van der Waals surface area contributed by atoms with Crippen LogP contribution in [0.15, 0.2) is 12.1 Å². The third kappa shape index (κ3) is 4.22. The van der Waals surface area contributed by atoms with Crippen molar-refractivity contribution in [1.29, 1.82) is 31.6 Å². The van der Waals surface area contributed by atoms with E-state index in [0.29, 0.717) is 22.7 Å². The molecular formula is C30H2F8N6S2. The minimum absolute atomic E-state index is 0.326. The average molecular weight is 663 g/mol. The van der Waals surface area contributed by atoms with Crippen LogP contribution >= 0.6 is 22.7 Å². The van der Waals surface area contributed by atoms with E-state index >= 15 is 17.6 Å². The van der Waals surface area contributed by atoms with Gasteiger partial charge in [-0.3, -0.25) is 0 Å². The first kappa shape index (κ1) is 31.1. The maximum Gasteiger partial charge on any atom is 0.180 e. The highest BCUT2D eigenvalue weighted by Crippen LogP contribution is 2.49. The number of rotatable bonds is 2. The van der Waals surface area contributed by atoms with Crippen molar-refractivity contribution in [2.45, 2.75) is 0 Å². The number of thiophene rings is 2. The molecule has 6 nitrogen and oxygen atoms in total. The fraction of sp³-hybridized carbons (Fsp3) is 0. The van der Waals surface area contributed by atoms with Gasteiger partial charge in [0.15, 0.2) is 46.5 Å². The number of hydrogen-bond donors (Lipinski definition) is 0. The quantitative estimate of drug-likeness (QED) is 0.152. The van der Waals surface area contributed by atoms with Crippen LogP contribution in [0, 0.1) is 115 Å². The van der Waals surface area contributed by atoms with Crippen LogP contribution in [0.3, 0.4) is 0 Å². The number of benzene rings is 3. The lowest BCUT2D eigenvalue weighted by Gasteiger charge is -2.16. The van der Waals surface area contributed by atoms with E-state index in [1.807, 2.05) is 0 Å². The topological polar surface area (TPSA) is 143 Å². The highest BCUT2D eigenvalue weighted by atomic mass is 32.1. The molecule has 5 rings (SSSR count). The monoisotopic (exact) mass is 662 g/mol. The van der Waals surface area contributed by atoms with Crippen LogP contribution in [0.5, 0.6) is 0 Å². The van der Waals surface area contributed by atoms with Gasteiger partial charge in [-0.05, 0) is 12.1 Å². The molecule has 46 heavy (non-hydrogen) atoms. The second-order valence-corrected chi connectivity index (χ2v) is 11.0. The molecule has 220 valence electrons. The first-order chi connectivity index (χ1) is 21.9. The van der Waals surface area contributed by atoms with Crippen LogP contribution in [-0.2, 0) is 0 Å². The molecule has 0 saturated carbocycles. The van der Waals surface area contributed by atoms with Crippen LogP contribution in [0.2, 0.25) is 0 Å². The van der Waals surface area contributed by atoms with E-state index in [4.69, 9.17) is 10.5 Å². The second kappa shape index (κ2) is 11.3. The van der Waals surface area contributed by atoms with Gasteiger partial charge in [-0.1, -0.05) is 0 Å². The van der Waals surface area contributed by atoms with E-state index in [9.17, 15) is 38.6 Å². The van der Waals surface area contributed by atoms with E-state index in [1.54, 1.807) is 0 Å². The van der Waals surface area contributed by atoms with Crippen LogP contribution in [0.25, 0.3) is 53.6 Å². The molecule has 0 amide bonds. The van der Waals surface area contributed by atoms with E-state index in [2.05, 4.69) is 0 Å². The van der Waals surface area contributed by atoms with E-state index in [-0.39, 0.29) is 9.06 Å². The SMILES string of the molecule is N#CC(C#N)=c1cc2c(-c3c(F)c(F)c(C#N)c(F)c3F)c3sc(=C(C#N)C#N)cc3c(-c3c(F)c(F)c(C#N)c(F)c3F)c2s1. The van der Waals surface area contributed by atoms with Gasteiger partial charge in [-0.15, -0.1) is 22.7 Å². The largest absolute Gasteiger partial charge is 0.203 e. The van der Waals surface area contributed by atoms with Gasteiger partial charge in [-0.25, -0.2) is 35.1 Å². The molecule has 16 heteroatoms. The van der Waals surface area contributed by atoms with Crippen LogP contribution in [0.1, 0.15) is 11.1 Å². The minimum Gasteiger partial charge on any atom is -0.203 e. The number of hydrogen-bond acceptors (Lipinski definition) is 8. The molecule has 0 radical (unpaired) electrons. The van der Waals surface area contributed by atoms with Crippen molar-refractivity contribution in [2.24, 2.45) is 0 Å². The molecule has 0 bridgehead atoms. The molecule has 0 saturated heterocycles. The first-order valence-corrected chi connectivity index (χ1v) is 13.5. The van der Waals surface area contributed by atoms with Gasteiger partial charge in [0.1, 0.15) is 58.7 Å². The second-order valence-electron chi connectivity index (χ2n) is 8.89. The van der Waals surface area contributed by atoms with Crippen LogP contribution in [0.4, 0.5) is 35.1 Å². The van der Waals surface area contributed by atoms with Crippen molar-refractivity contribution in [3.05, 3.63) is 78.9 Å². The normalized spacial score (nSPS) is 10.5. The predicted octanol–water partition coefficient (Wildman–Crippen LogP) is 6.70. The van der Waals surface area contributed by atoms with Crippen LogP contribution in [-0.4, -0.2) is 0 Å². The maximum atomic E-state index is 15.6. The Morgan fingerprint density at radius 1 is 0.435 bits per heavy atom. The lowest BCUT2D eigenvalue weighted by Crippen LogP contribution is -2.05. The number of nitrogens with zero attached hydrogens (tertiary/aromatic N) is 6. The lowest BCUT2D eigenvalue weighted by molar-refractivity contribution is 0.454. The standard InChI is InChI=1S/C30H2F8N6S2/c31-21-13(7-43)22(32)26(36)19(25(21)35)17-11-1-15(9(3-39)4-40)45-29(11)18(12-2-16(46-30(12)17)10(5-41)6-42)20-27(37)23(33)14(8-44)24(34)28(20)38/h1-2H. The Labute approximate surface area is 257 Å². The van der Waals surface area contributed by atoms with Gasteiger partial charge in [-0.2, -0.15) is 31.6 Å². The summed E-state index contributed by atoms with van der Waals surface area (Å²) in [5.74, 6) is -17.0. The lowest BCUT2D eigenvalue weighted by atomic mass is 9.91. The van der Waals surface area contributed by atoms with Gasteiger partial charge in [0.05, 0.1) is 20.2 Å². The molecule has 0 aliphatic rings. The van der Waals surface area contributed by atoms with E-state index < -0.39 is 111 Å². The summed E-state index contributed by atoms with van der Waals surface area (Å²) in [5.41, 5.74) is -9.12. The van der Waals surface area contributed by atoms with Crippen molar-refractivity contribution in [1.82, 2.24) is 0 Å². The van der Waals surface area contributed by atoms with E-state index in [1.165, 1.54) is 24.3 Å². The Morgan fingerprint density at radius 3 is 0.957 bits per heavy atom. The Balaban J connectivity index is 2.25. The Bertz CT molecular complexity index is 2320. The summed E-state index contributed by atoms with van der Waals surface area (Å²) in [7, 11) is 0. The molecule has 5 aromatic rings. The molecule has 0 aliphatic carbocycles. The zero-order valence-electron chi connectivity index (χ0n) is 21.7. The minimum atomic E-state index is -2.13. The zero-order valence-corrected chi connectivity index (χ0v) is 23.3. The fourth-order valence-electron chi connectivity index (χ4n) is 4.68. The Morgan fingerprint density at radius 2 is 0.717 bits per heavy atom. The molecule has 0 spiro atoms. The number of fused-ring (bicyclic) bond motifs is 2. The van der Waals surface area contributed by atoms with Crippen molar-refractivity contribution in [3.8, 4) is 58.7 Å². The molecule has 2 aromatic heterocycles. The summed E-state index contributed by atoms with van der Waals surface area (Å²) in [6.07, 6.45) is 0. The van der Waals surface area contributed by atoms with Crippen molar-refractivity contribution >= 4 is 54.0 Å². The first-order valence-electron chi connectivity index (χ1n) is 11.8. The summed E-state index contributed by atoms with van der Waals surface area (Å²) in [5, 5.41) is 54.8. The summed E-state index contributed by atoms with van der Waals surface area (Å²) >= 11 is 0.707. The van der Waals surface area contributed by atoms with Crippen molar-refractivity contribution in [3.63, 3.8) is 0 Å².